The normalized spacial score (nSPS) is 22.8. The summed E-state index contributed by atoms with van der Waals surface area (Å²) >= 11 is 0. The molecule has 0 fully saturated rings. The van der Waals surface area contributed by atoms with E-state index in [4.69, 9.17) is 4.42 Å². The summed E-state index contributed by atoms with van der Waals surface area (Å²) in [5.74, 6) is 0. The van der Waals surface area contributed by atoms with Crippen LogP contribution in [0, 0.1) is 6.92 Å². The number of rotatable bonds is 1. The lowest BCUT2D eigenvalue weighted by atomic mass is 9.34. The Kier molecular flexibility index (Phi) is 8.62. The second-order valence-electron chi connectivity index (χ2n) is 28.3. The highest BCUT2D eigenvalue weighted by atomic mass is 16.3. The molecule has 5 aromatic carbocycles. The molecule has 4 heteroatoms. The van der Waals surface area contributed by atoms with E-state index in [0.717, 1.165) is 24.1 Å². The van der Waals surface area contributed by atoms with Crippen molar-refractivity contribution in [3.63, 3.8) is 0 Å². The Hall–Kier alpha value is -4.70. The smallest absolute Gasteiger partial charge is 0.297 e. The lowest BCUT2D eigenvalue weighted by molar-refractivity contribution is 0.311. The van der Waals surface area contributed by atoms with Gasteiger partial charge in [0.15, 0.2) is 0 Å². The number of anilines is 6. The summed E-state index contributed by atoms with van der Waals surface area (Å²) in [6, 6.07) is 27.5. The number of nitrogens with zero attached hydrogens (tertiary/aromatic N) is 2. The first-order chi connectivity index (χ1) is 31.5. The molecule has 6 aromatic rings. The summed E-state index contributed by atoms with van der Waals surface area (Å²) < 4.78 is 7.70. The van der Waals surface area contributed by atoms with Crippen LogP contribution in [0.25, 0.3) is 11.0 Å². The third-order valence-corrected chi connectivity index (χ3v) is 19.2. The average molecular weight is 901 g/mol. The minimum absolute atomic E-state index is 0.0379. The van der Waals surface area contributed by atoms with Crippen LogP contribution < -0.4 is 26.4 Å². The zero-order valence-corrected chi connectivity index (χ0v) is 45.0. The maximum Gasteiger partial charge on any atom is 0.297 e. The summed E-state index contributed by atoms with van der Waals surface area (Å²) in [6.45, 7) is 44.2. The quantitative estimate of drug-likeness (QED) is 0.153. The standard InChI is InChI=1S/C64H77BN2O/c1-36-31-44-49(63(16,17)28-27-62(44,14)15)51-53(36)67-47-33-38(58(5,6)7)32-46-52(47)65(45-24-23-41-50(55(45)67)64(51,18)30-29-59(41,8)9)56-54(66(46)39-21-19-37(20-22-39)57(2,3)4)40-34-42-43(35-48(40)68-56)61(12,13)26-25-60(42,10)11/h19-24,31-35H,25-30H2,1-18H3. The molecule has 0 spiro atoms. The van der Waals surface area contributed by atoms with Gasteiger partial charge in [-0.2, -0.15) is 0 Å². The molecule has 68 heavy (non-hydrogen) atoms. The van der Waals surface area contributed by atoms with Crippen LogP contribution in [0.1, 0.15) is 212 Å². The van der Waals surface area contributed by atoms with Crippen molar-refractivity contribution >= 4 is 68.4 Å². The van der Waals surface area contributed by atoms with E-state index < -0.39 is 0 Å². The van der Waals surface area contributed by atoms with E-state index >= 15 is 0 Å². The van der Waals surface area contributed by atoms with Crippen LogP contribution in [0.3, 0.4) is 0 Å². The molecule has 4 heterocycles. The Morgan fingerprint density at radius 1 is 0.485 bits per heavy atom. The topological polar surface area (TPSA) is 19.6 Å². The molecule has 1 aromatic heterocycles. The number of hydrogen-bond acceptors (Lipinski definition) is 3. The third-order valence-electron chi connectivity index (χ3n) is 19.2. The van der Waals surface area contributed by atoms with E-state index in [9.17, 15) is 0 Å². The highest BCUT2D eigenvalue weighted by molar-refractivity contribution is 7.00. The molecule has 3 aliphatic heterocycles. The van der Waals surface area contributed by atoms with Gasteiger partial charge in [-0.1, -0.05) is 148 Å². The first kappa shape index (κ1) is 44.5. The van der Waals surface area contributed by atoms with Crippen LogP contribution in [0.5, 0.6) is 0 Å². The van der Waals surface area contributed by atoms with Crippen molar-refractivity contribution in [1.29, 1.82) is 0 Å². The monoisotopic (exact) mass is 901 g/mol. The van der Waals surface area contributed by atoms with Gasteiger partial charge in [-0.25, -0.2) is 0 Å². The van der Waals surface area contributed by atoms with Crippen LogP contribution in [-0.2, 0) is 43.3 Å². The zero-order chi connectivity index (χ0) is 48.6. The van der Waals surface area contributed by atoms with E-state index in [1.807, 2.05) is 0 Å². The summed E-state index contributed by atoms with van der Waals surface area (Å²) in [5.41, 5.74) is 27.7. The van der Waals surface area contributed by atoms with E-state index in [2.05, 4.69) is 201 Å². The van der Waals surface area contributed by atoms with Gasteiger partial charge in [-0.15, -0.1) is 0 Å². The van der Waals surface area contributed by atoms with Crippen molar-refractivity contribution < 1.29 is 4.42 Å². The Balaban J connectivity index is 1.26. The van der Waals surface area contributed by atoms with Crippen molar-refractivity contribution in [2.45, 2.75) is 206 Å². The second kappa shape index (κ2) is 13.2. The molecule has 12 rings (SSSR count). The van der Waals surface area contributed by atoms with Gasteiger partial charge in [0.25, 0.3) is 6.71 Å². The zero-order valence-electron chi connectivity index (χ0n) is 45.0. The molecule has 352 valence electrons. The van der Waals surface area contributed by atoms with E-state index in [1.165, 1.54) is 110 Å². The summed E-state index contributed by atoms with van der Waals surface area (Å²) in [5, 5.41) is 1.23. The fourth-order valence-corrected chi connectivity index (χ4v) is 14.6. The van der Waals surface area contributed by atoms with Crippen molar-refractivity contribution in [2.24, 2.45) is 0 Å². The number of benzene rings is 5. The molecule has 0 amide bonds. The summed E-state index contributed by atoms with van der Waals surface area (Å²) in [6.07, 6.45) is 7.03. The molecule has 1 atom stereocenters. The van der Waals surface area contributed by atoms with Crippen LogP contribution in [0.4, 0.5) is 34.1 Å². The number of furan rings is 1. The number of aryl methyl sites for hydroxylation is 1. The molecule has 0 radical (unpaired) electrons. The van der Waals surface area contributed by atoms with Gasteiger partial charge in [0, 0.05) is 33.6 Å². The summed E-state index contributed by atoms with van der Waals surface area (Å²) in [4.78, 5) is 5.47. The molecule has 0 saturated carbocycles. The van der Waals surface area contributed by atoms with Gasteiger partial charge in [0.1, 0.15) is 5.58 Å². The van der Waals surface area contributed by atoms with Crippen LogP contribution in [0.15, 0.2) is 71.1 Å². The molecule has 0 bridgehead atoms. The minimum atomic E-state index is -0.159. The molecular formula is C64H77BN2O. The van der Waals surface area contributed by atoms with E-state index in [1.54, 1.807) is 22.3 Å². The fourth-order valence-electron chi connectivity index (χ4n) is 14.6. The van der Waals surface area contributed by atoms with Crippen LogP contribution in [-0.4, -0.2) is 6.71 Å². The Morgan fingerprint density at radius 2 is 1.03 bits per heavy atom. The van der Waals surface area contributed by atoms with Crippen molar-refractivity contribution in [3.05, 3.63) is 122 Å². The Labute approximate surface area is 409 Å². The van der Waals surface area contributed by atoms with Crippen molar-refractivity contribution in [1.82, 2.24) is 0 Å². The molecule has 6 aliphatic rings. The molecule has 0 saturated heterocycles. The van der Waals surface area contributed by atoms with Gasteiger partial charge in [0.05, 0.1) is 17.0 Å². The number of hydrogen-bond donors (Lipinski definition) is 0. The third kappa shape index (κ3) is 5.73. The van der Waals surface area contributed by atoms with Crippen molar-refractivity contribution in [3.8, 4) is 0 Å². The molecule has 1 unspecified atom stereocenters. The minimum Gasteiger partial charge on any atom is -0.468 e. The van der Waals surface area contributed by atoms with Crippen LogP contribution in [0.2, 0.25) is 0 Å². The maximum absolute atomic E-state index is 7.70. The maximum atomic E-state index is 7.70. The van der Waals surface area contributed by atoms with Gasteiger partial charge in [-0.05, 0) is 186 Å². The lowest BCUT2D eigenvalue weighted by Gasteiger charge is -2.57. The largest absolute Gasteiger partial charge is 0.468 e. The predicted octanol–water partition coefficient (Wildman–Crippen LogP) is 15.8. The molecule has 3 nitrogen and oxygen atoms in total. The fraction of sp³-hybridized carbons (Fsp3) is 0.500. The van der Waals surface area contributed by atoms with Gasteiger partial charge in [-0.3, -0.25) is 0 Å². The highest BCUT2D eigenvalue weighted by Gasteiger charge is 2.57. The Morgan fingerprint density at radius 3 is 1.65 bits per heavy atom. The van der Waals surface area contributed by atoms with Crippen LogP contribution >= 0.6 is 0 Å². The molecular weight excluding hydrogens is 824 g/mol. The van der Waals surface area contributed by atoms with Gasteiger partial charge in [0.2, 0.25) is 0 Å². The predicted molar refractivity (Wildman–Crippen MR) is 292 cm³/mol. The average Bonchev–Trinajstić information content (AvgIpc) is 3.62. The first-order valence-corrected chi connectivity index (χ1v) is 26.4. The van der Waals surface area contributed by atoms with E-state index in [-0.39, 0.29) is 50.0 Å². The lowest BCUT2D eigenvalue weighted by Crippen LogP contribution is -2.63. The van der Waals surface area contributed by atoms with E-state index in [0.29, 0.717) is 0 Å². The molecule has 3 aliphatic carbocycles. The van der Waals surface area contributed by atoms with Gasteiger partial charge < -0.3 is 14.2 Å². The Bertz CT molecular complexity index is 3210. The summed E-state index contributed by atoms with van der Waals surface area (Å²) in [7, 11) is 0. The SMILES string of the molecule is Cc1cc2c(c3c1N1c4cc(C(C)(C)C)cc5c4B(c4ccc6c(c41)C3(C)CCC6(C)C)c1oc3cc4c(cc3c1N5c1ccc(C(C)(C)C)cc1)C(C)(C)CCC4(C)C)C(C)(C)CCC2(C)C. The highest BCUT2D eigenvalue weighted by Crippen LogP contribution is 2.65. The molecule has 0 N–H and O–H groups in total. The second-order valence-corrected chi connectivity index (χ2v) is 28.3. The van der Waals surface area contributed by atoms with Gasteiger partial charge >= 0.3 is 0 Å². The number of fused-ring (bicyclic) bond motifs is 12. The van der Waals surface area contributed by atoms with Crippen molar-refractivity contribution in [2.75, 3.05) is 9.80 Å². The first-order valence-electron chi connectivity index (χ1n) is 26.4.